The summed E-state index contributed by atoms with van der Waals surface area (Å²) in [6.07, 6.45) is 4.26. The summed E-state index contributed by atoms with van der Waals surface area (Å²) in [5.41, 5.74) is -1.66. The molecule has 0 N–H and O–H groups in total. The van der Waals surface area contributed by atoms with Crippen LogP contribution in [0.3, 0.4) is 0 Å². The molecule has 11 heteroatoms. The van der Waals surface area contributed by atoms with E-state index in [2.05, 4.69) is 20.9 Å². The zero-order valence-corrected chi connectivity index (χ0v) is 23.5. The van der Waals surface area contributed by atoms with Crippen LogP contribution >= 0.6 is 0 Å². The smallest absolute Gasteiger partial charge is 0.319 e. The maximum absolute atomic E-state index is 16.8. The Morgan fingerprint density at radius 1 is 1.20 bits per heavy atom. The van der Waals surface area contributed by atoms with Crippen molar-refractivity contribution in [3.63, 3.8) is 0 Å². The molecule has 0 radical (unpaired) electrons. The summed E-state index contributed by atoms with van der Waals surface area (Å²) < 4.78 is 99.2. The molecule has 7 nitrogen and oxygen atoms in total. The van der Waals surface area contributed by atoms with E-state index in [0.717, 1.165) is 0 Å². The Labute approximate surface area is 255 Å². The van der Waals surface area contributed by atoms with Gasteiger partial charge in [-0.1, -0.05) is 30.2 Å². The molecule has 4 fully saturated rings. The number of hydrogen-bond acceptors (Lipinski definition) is 7. The van der Waals surface area contributed by atoms with E-state index in [0.29, 0.717) is 24.8 Å². The summed E-state index contributed by atoms with van der Waals surface area (Å²) in [5, 5.41) is 0.893. The van der Waals surface area contributed by atoms with Crippen LogP contribution in [0.5, 0.6) is 6.01 Å². The number of nitrogens with zero attached hydrogens (tertiary/aromatic N) is 5. The Bertz CT molecular complexity index is 1990. The third-order valence-electron chi connectivity index (χ3n) is 9.26. The van der Waals surface area contributed by atoms with E-state index in [1.807, 2.05) is 0 Å². The lowest BCUT2D eigenvalue weighted by Gasteiger charge is -2.31. The molecule has 1 saturated carbocycles. The molecule has 0 unspecified atom stereocenters. The number of aromatic nitrogens is 3. The number of fused-ring (bicyclic) bond motifs is 4. The summed E-state index contributed by atoms with van der Waals surface area (Å²) in [5.74, 6) is -0.0549. The molecule has 1 aliphatic carbocycles. The van der Waals surface area contributed by atoms with E-state index in [9.17, 15) is 8.78 Å². The van der Waals surface area contributed by atoms with Gasteiger partial charge in [0.15, 0.2) is 5.82 Å². The molecule has 0 spiro atoms. The van der Waals surface area contributed by atoms with Gasteiger partial charge >= 0.3 is 6.01 Å². The van der Waals surface area contributed by atoms with Gasteiger partial charge in [0.05, 0.1) is 39.9 Å². The number of terminal acetylenes is 1. The normalized spacial score (nSPS) is 31.1. The van der Waals surface area contributed by atoms with Crippen LogP contribution in [0.1, 0.15) is 28.9 Å². The predicted molar refractivity (Wildman–Crippen MR) is 157 cm³/mol. The van der Waals surface area contributed by atoms with Gasteiger partial charge in [-0.2, -0.15) is 9.97 Å². The van der Waals surface area contributed by atoms with Crippen LogP contribution in [0.25, 0.3) is 32.9 Å². The Morgan fingerprint density at radius 3 is 2.95 bits per heavy atom. The second-order valence-electron chi connectivity index (χ2n) is 11.8. The number of benzene rings is 2. The topological polar surface area (TPSA) is 63.6 Å². The van der Waals surface area contributed by atoms with Crippen molar-refractivity contribution in [1.82, 2.24) is 19.9 Å². The monoisotopic (exact) mass is 606 g/mol. The van der Waals surface area contributed by atoms with Crippen LogP contribution in [0, 0.1) is 29.9 Å². The van der Waals surface area contributed by atoms with E-state index in [-0.39, 0.29) is 71.7 Å². The minimum absolute atomic E-state index is 0.00475. The van der Waals surface area contributed by atoms with E-state index in [1.54, 1.807) is 23.1 Å². The zero-order valence-electron chi connectivity index (χ0n) is 26.5. The number of hydrogen-bond donors (Lipinski definition) is 0. The van der Waals surface area contributed by atoms with E-state index < -0.39 is 54.0 Å². The quantitative estimate of drug-likeness (QED) is 0.228. The highest BCUT2D eigenvalue weighted by molar-refractivity contribution is 6.02. The van der Waals surface area contributed by atoms with Gasteiger partial charge in [0.25, 0.3) is 0 Å². The van der Waals surface area contributed by atoms with Crippen LogP contribution < -0.4 is 9.64 Å². The number of alkyl halides is 2. The summed E-state index contributed by atoms with van der Waals surface area (Å²) in [7, 11) is 0. The summed E-state index contributed by atoms with van der Waals surface area (Å²) in [4.78, 5) is 16.4. The SMILES string of the molecule is [2H]C([2H])(Oc1nc(N2CCOC[C@@H]3[C@H]2[C@@]3([2H])F)c2cnc(-c3cccc4ccc(F)c(C#C)c34)c(F)c2n1)[C@@]12CCCN1C[C@H](F)C2. The fourth-order valence-corrected chi connectivity index (χ4v) is 7.12. The molecule has 0 bridgehead atoms. The van der Waals surface area contributed by atoms with Crippen LogP contribution in [0.2, 0.25) is 0 Å². The summed E-state index contributed by atoms with van der Waals surface area (Å²) in [6.45, 7) is -1.62. The Balaban J connectivity index is 1.32. The van der Waals surface area contributed by atoms with Gasteiger partial charge in [0.2, 0.25) is 0 Å². The van der Waals surface area contributed by atoms with Crippen molar-refractivity contribution in [3.8, 4) is 29.6 Å². The first kappa shape index (κ1) is 24.3. The Kier molecular flexibility index (Phi) is 5.68. The molecule has 226 valence electrons. The largest absolute Gasteiger partial charge is 0.461 e. The molecule has 4 aromatic rings. The molecule has 2 aromatic heterocycles. The third-order valence-corrected chi connectivity index (χ3v) is 9.26. The number of pyridine rings is 1. The minimum Gasteiger partial charge on any atom is -0.461 e. The third kappa shape index (κ3) is 4.22. The molecule has 2 aromatic carbocycles. The van der Waals surface area contributed by atoms with Crippen molar-refractivity contribution in [2.75, 3.05) is 44.3 Å². The van der Waals surface area contributed by atoms with Crippen molar-refractivity contribution in [1.29, 1.82) is 0 Å². The van der Waals surface area contributed by atoms with Crippen molar-refractivity contribution in [2.45, 2.75) is 43.2 Å². The molecule has 8 rings (SSSR count). The first-order valence-electron chi connectivity index (χ1n) is 16.1. The first-order valence-corrected chi connectivity index (χ1v) is 14.6. The predicted octanol–water partition coefficient (Wildman–Crippen LogP) is 5.23. The standard InChI is InChI=1S/C33H29F4N5O2/c1-2-20-24(35)8-7-18-5-3-6-21(25(18)20)28-27(37)29-22(14-38-28)31(42-11-12-43-16-23-26(36)30(23)42)40-32(39-29)44-17-33-9-4-10-41(33)15-19(34)13-33/h1,3,5-8,14,19,23,26,30H,4,9-13,15-17H2/t19-,23+,26+,30+,33+/m1/s1/i17D2,26D. The molecular formula is C33H29F4N5O2. The lowest BCUT2D eigenvalue weighted by Crippen LogP contribution is -2.43. The Morgan fingerprint density at radius 2 is 2.09 bits per heavy atom. The number of ether oxygens (including phenoxy) is 2. The molecule has 44 heavy (non-hydrogen) atoms. The van der Waals surface area contributed by atoms with Crippen molar-refractivity contribution < 1.29 is 31.1 Å². The zero-order chi connectivity index (χ0) is 32.9. The fraction of sp³-hybridized carbons (Fsp3) is 0.424. The van der Waals surface area contributed by atoms with Crippen LogP contribution in [0.4, 0.5) is 23.4 Å². The van der Waals surface area contributed by atoms with Gasteiger partial charge in [-0.25, -0.2) is 17.6 Å². The van der Waals surface area contributed by atoms with E-state index in [1.165, 1.54) is 23.2 Å². The molecule has 3 saturated heterocycles. The molecule has 3 aliphatic heterocycles. The second kappa shape index (κ2) is 10.3. The number of rotatable bonds is 5. The highest BCUT2D eigenvalue weighted by atomic mass is 19.1. The average molecular weight is 607 g/mol. The van der Waals surface area contributed by atoms with Gasteiger partial charge in [-0.3, -0.25) is 9.88 Å². The van der Waals surface area contributed by atoms with Crippen molar-refractivity contribution in [2.24, 2.45) is 5.92 Å². The maximum atomic E-state index is 16.8. The summed E-state index contributed by atoms with van der Waals surface area (Å²) in [6, 6.07) is 6.16. The average Bonchev–Trinajstić information content (AvgIpc) is 3.21. The van der Waals surface area contributed by atoms with Gasteiger partial charge in [-0.05, 0) is 30.8 Å². The molecule has 5 heterocycles. The molecule has 5 atom stereocenters. The van der Waals surface area contributed by atoms with Crippen molar-refractivity contribution >= 4 is 27.5 Å². The first-order chi connectivity index (χ1) is 22.5. The van der Waals surface area contributed by atoms with Crippen LogP contribution in [0.15, 0.2) is 36.5 Å². The molecule has 0 amide bonds. The fourth-order valence-electron chi connectivity index (χ4n) is 7.12. The lowest BCUT2D eigenvalue weighted by molar-refractivity contribution is 0.107. The van der Waals surface area contributed by atoms with Gasteiger partial charge in [-0.15, -0.1) is 6.42 Å². The number of anilines is 1. The summed E-state index contributed by atoms with van der Waals surface area (Å²) >= 11 is 0. The molecule has 4 aliphatic rings. The van der Waals surface area contributed by atoms with Crippen LogP contribution in [-0.2, 0) is 4.74 Å². The maximum Gasteiger partial charge on any atom is 0.319 e. The molecular weight excluding hydrogens is 574 g/mol. The van der Waals surface area contributed by atoms with Crippen LogP contribution in [-0.4, -0.2) is 83.2 Å². The van der Waals surface area contributed by atoms with Gasteiger partial charge in [0, 0.05) is 42.6 Å². The second-order valence-corrected chi connectivity index (χ2v) is 11.8. The van der Waals surface area contributed by atoms with Gasteiger partial charge < -0.3 is 14.4 Å². The van der Waals surface area contributed by atoms with Gasteiger partial charge in [0.1, 0.15) is 41.7 Å². The lowest BCUT2D eigenvalue weighted by atomic mass is 9.95. The van der Waals surface area contributed by atoms with Crippen molar-refractivity contribution in [3.05, 3.63) is 53.7 Å². The number of halogens is 4. The minimum atomic E-state index is -2.49. The van der Waals surface area contributed by atoms with E-state index in [4.69, 9.17) is 20.0 Å². The highest BCUT2D eigenvalue weighted by Crippen LogP contribution is 2.45. The van der Waals surface area contributed by atoms with E-state index >= 15 is 8.78 Å². The highest BCUT2D eigenvalue weighted by Gasteiger charge is 2.56. The Hall–Kier alpha value is -4.01.